The second-order valence-corrected chi connectivity index (χ2v) is 4.90. The van der Waals surface area contributed by atoms with Crippen molar-refractivity contribution in [2.24, 2.45) is 0 Å². The van der Waals surface area contributed by atoms with E-state index in [-0.39, 0.29) is 6.42 Å². The minimum atomic E-state index is -0.773. The second-order valence-electron chi connectivity index (χ2n) is 3.79. The number of unbranched alkanes of at least 4 members (excludes halogenated alkanes) is 1. The summed E-state index contributed by atoms with van der Waals surface area (Å²) < 4.78 is 0. The topological polar surface area (TPSA) is 37.3 Å². The fraction of sp³-hybridized carbons (Fsp3) is 0.462. The monoisotopic (exact) mass is 238 g/mol. The lowest BCUT2D eigenvalue weighted by atomic mass is 10.1. The molecule has 0 spiro atoms. The molecular weight excluding hydrogens is 220 g/mol. The molecule has 16 heavy (non-hydrogen) atoms. The van der Waals surface area contributed by atoms with Gasteiger partial charge in [-0.2, -0.15) is 11.8 Å². The summed E-state index contributed by atoms with van der Waals surface area (Å²) in [6.07, 6.45) is 2.62. The first kappa shape index (κ1) is 13.1. The number of rotatable bonds is 7. The van der Waals surface area contributed by atoms with Gasteiger partial charge in [-0.15, -0.1) is 0 Å². The van der Waals surface area contributed by atoms with Crippen molar-refractivity contribution in [3.8, 4) is 0 Å². The molecule has 0 saturated carbocycles. The molecule has 0 amide bonds. The predicted molar refractivity (Wildman–Crippen MR) is 68.9 cm³/mol. The predicted octanol–water partition coefficient (Wildman–Crippen LogP) is 3.35. The Labute approximate surface area is 101 Å². The van der Waals surface area contributed by atoms with Crippen molar-refractivity contribution in [1.82, 2.24) is 0 Å². The van der Waals surface area contributed by atoms with Crippen LogP contribution in [0.25, 0.3) is 0 Å². The van der Waals surface area contributed by atoms with Crippen molar-refractivity contribution in [1.29, 1.82) is 0 Å². The molecule has 0 radical (unpaired) electrons. The molecule has 0 saturated heterocycles. The van der Waals surface area contributed by atoms with Crippen LogP contribution in [0.1, 0.15) is 30.9 Å². The molecule has 88 valence electrons. The van der Waals surface area contributed by atoms with Crippen molar-refractivity contribution in [2.45, 2.75) is 31.9 Å². The molecule has 0 fully saturated rings. The molecule has 1 rings (SSSR count). The number of carboxylic acid groups (broad SMARTS) is 1. The molecule has 0 atom stereocenters. The first-order valence-electron chi connectivity index (χ1n) is 5.59. The van der Waals surface area contributed by atoms with Crippen LogP contribution in [-0.4, -0.2) is 16.8 Å². The minimum absolute atomic E-state index is 0.114. The zero-order valence-corrected chi connectivity index (χ0v) is 10.4. The second kappa shape index (κ2) is 7.34. The van der Waals surface area contributed by atoms with Crippen LogP contribution >= 0.6 is 11.8 Å². The molecule has 1 aromatic carbocycles. The van der Waals surface area contributed by atoms with E-state index in [1.54, 1.807) is 0 Å². The van der Waals surface area contributed by atoms with Crippen molar-refractivity contribution in [2.75, 3.05) is 5.75 Å². The number of carbonyl (C=O) groups is 1. The van der Waals surface area contributed by atoms with Crippen LogP contribution in [0.5, 0.6) is 0 Å². The minimum Gasteiger partial charge on any atom is -0.481 e. The quantitative estimate of drug-likeness (QED) is 0.740. The van der Waals surface area contributed by atoms with Crippen LogP contribution in [0, 0.1) is 0 Å². The van der Waals surface area contributed by atoms with E-state index in [1.807, 2.05) is 36.0 Å². The molecule has 0 unspecified atom stereocenters. The third-order valence-electron chi connectivity index (χ3n) is 2.29. The van der Waals surface area contributed by atoms with Crippen LogP contribution in [0.3, 0.4) is 0 Å². The van der Waals surface area contributed by atoms with E-state index in [1.165, 1.54) is 24.2 Å². The molecule has 0 heterocycles. The van der Waals surface area contributed by atoms with Crippen LogP contribution < -0.4 is 0 Å². The number of aliphatic carboxylic acids is 1. The lowest BCUT2D eigenvalue weighted by Gasteiger charge is -2.02. The van der Waals surface area contributed by atoms with E-state index in [0.29, 0.717) is 0 Å². The van der Waals surface area contributed by atoms with E-state index in [4.69, 9.17) is 5.11 Å². The fourth-order valence-corrected chi connectivity index (χ4v) is 2.43. The van der Waals surface area contributed by atoms with Gasteiger partial charge in [0.25, 0.3) is 0 Å². The molecule has 0 aliphatic carbocycles. The average molecular weight is 238 g/mol. The van der Waals surface area contributed by atoms with Crippen LogP contribution in [0.15, 0.2) is 24.3 Å². The molecule has 3 heteroatoms. The van der Waals surface area contributed by atoms with Gasteiger partial charge in [-0.1, -0.05) is 37.6 Å². The summed E-state index contributed by atoms with van der Waals surface area (Å²) in [7, 11) is 0. The standard InChI is InChI=1S/C13H18O2S/c1-2-3-8-16-10-12-6-4-11(5-7-12)9-13(14)15/h4-7H,2-3,8-10H2,1H3,(H,14,15). The lowest BCUT2D eigenvalue weighted by Crippen LogP contribution is -1.99. The van der Waals surface area contributed by atoms with Gasteiger partial charge in [0.15, 0.2) is 0 Å². The smallest absolute Gasteiger partial charge is 0.307 e. The van der Waals surface area contributed by atoms with Gasteiger partial charge < -0.3 is 5.11 Å². The molecule has 2 nitrogen and oxygen atoms in total. The van der Waals surface area contributed by atoms with Crippen molar-refractivity contribution in [3.63, 3.8) is 0 Å². The Kier molecular flexibility index (Phi) is 6.01. The summed E-state index contributed by atoms with van der Waals surface area (Å²) in [6.45, 7) is 2.20. The van der Waals surface area contributed by atoms with Crippen molar-refractivity contribution >= 4 is 17.7 Å². The van der Waals surface area contributed by atoms with Crippen molar-refractivity contribution < 1.29 is 9.90 Å². The first-order chi connectivity index (χ1) is 7.72. The summed E-state index contributed by atoms with van der Waals surface area (Å²) >= 11 is 1.93. The van der Waals surface area contributed by atoms with E-state index < -0.39 is 5.97 Å². The largest absolute Gasteiger partial charge is 0.481 e. The molecule has 0 aromatic heterocycles. The van der Waals surface area contributed by atoms with Crippen LogP contribution in [0.2, 0.25) is 0 Å². The van der Waals surface area contributed by atoms with E-state index in [2.05, 4.69) is 6.92 Å². The van der Waals surface area contributed by atoms with Gasteiger partial charge in [-0.05, 0) is 23.3 Å². The SMILES string of the molecule is CCCCSCc1ccc(CC(=O)O)cc1. The van der Waals surface area contributed by atoms with Gasteiger partial charge in [-0.3, -0.25) is 4.79 Å². The Hall–Kier alpha value is -0.960. The Morgan fingerprint density at radius 2 is 1.88 bits per heavy atom. The lowest BCUT2D eigenvalue weighted by molar-refractivity contribution is -0.136. The summed E-state index contributed by atoms with van der Waals surface area (Å²) in [6, 6.07) is 7.86. The van der Waals surface area contributed by atoms with Crippen LogP contribution in [0.4, 0.5) is 0 Å². The van der Waals surface area contributed by atoms with Gasteiger partial charge in [-0.25, -0.2) is 0 Å². The number of thioether (sulfide) groups is 1. The third-order valence-corrected chi connectivity index (χ3v) is 3.40. The van der Waals surface area contributed by atoms with Gasteiger partial charge in [0, 0.05) is 5.75 Å². The number of hydrogen-bond donors (Lipinski definition) is 1. The molecule has 0 bridgehead atoms. The highest BCUT2D eigenvalue weighted by molar-refractivity contribution is 7.98. The summed E-state index contributed by atoms with van der Waals surface area (Å²) in [5.74, 6) is 1.45. The zero-order valence-electron chi connectivity index (χ0n) is 9.61. The third kappa shape index (κ3) is 5.21. The number of benzene rings is 1. The zero-order chi connectivity index (χ0) is 11.8. The first-order valence-corrected chi connectivity index (χ1v) is 6.75. The number of carboxylic acids is 1. The van der Waals surface area contributed by atoms with Gasteiger partial charge in [0.2, 0.25) is 0 Å². The average Bonchev–Trinajstić information content (AvgIpc) is 2.26. The Bertz CT molecular complexity index is 319. The van der Waals surface area contributed by atoms with Gasteiger partial charge in [0.05, 0.1) is 6.42 Å². The van der Waals surface area contributed by atoms with E-state index >= 15 is 0 Å². The molecule has 0 aliphatic rings. The maximum Gasteiger partial charge on any atom is 0.307 e. The van der Waals surface area contributed by atoms with Crippen molar-refractivity contribution in [3.05, 3.63) is 35.4 Å². The Balaban J connectivity index is 2.36. The maximum absolute atomic E-state index is 10.5. The Morgan fingerprint density at radius 3 is 2.44 bits per heavy atom. The van der Waals surface area contributed by atoms with E-state index in [9.17, 15) is 4.79 Å². The van der Waals surface area contributed by atoms with E-state index in [0.717, 1.165) is 11.3 Å². The highest BCUT2D eigenvalue weighted by Crippen LogP contribution is 2.14. The fourth-order valence-electron chi connectivity index (χ4n) is 1.36. The molecule has 1 N–H and O–H groups in total. The van der Waals surface area contributed by atoms with Gasteiger partial charge in [0.1, 0.15) is 0 Å². The summed E-state index contributed by atoms with van der Waals surface area (Å²) in [5, 5.41) is 8.63. The summed E-state index contributed by atoms with van der Waals surface area (Å²) in [4.78, 5) is 10.5. The molecular formula is C13H18O2S. The Morgan fingerprint density at radius 1 is 1.25 bits per heavy atom. The maximum atomic E-state index is 10.5. The normalized spacial score (nSPS) is 10.3. The van der Waals surface area contributed by atoms with Gasteiger partial charge >= 0.3 is 5.97 Å². The summed E-state index contributed by atoms with van der Waals surface area (Å²) in [5.41, 5.74) is 2.14. The number of hydrogen-bond acceptors (Lipinski definition) is 2. The highest BCUT2D eigenvalue weighted by Gasteiger charge is 2.00. The highest BCUT2D eigenvalue weighted by atomic mass is 32.2. The van der Waals surface area contributed by atoms with Crippen LogP contribution in [-0.2, 0) is 17.0 Å². The molecule has 0 aliphatic heterocycles. The molecule has 1 aromatic rings.